The minimum absolute atomic E-state index is 0.136. The number of benzene rings is 1. The van der Waals surface area contributed by atoms with Gasteiger partial charge in [0, 0.05) is 5.02 Å². The summed E-state index contributed by atoms with van der Waals surface area (Å²) in [5.74, 6) is 0. The van der Waals surface area contributed by atoms with Gasteiger partial charge in [0.1, 0.15) is 0 Å². The SMILES string of the molecule is CCCCC(Cl)c1ccc(Cl)cc1. The molecule has 0 saturated carbocycles. The van der Waals surface area contributed by atoms with Crippen LogP contribution in [0.15, 0.2) is 24.3 Å². The van der Waals surface area contributed by atoms with Gasteiger partial charge >= 0.3 is 0 Å². The van der Waals surface area contributed by atoms with Gasteiger partial charge in [0.25, 0.3) is 0 Å². The largest absolute Gasteiger partial charge is 0.118 e. The van der Waals surface area contributed by atoms with Crippen LogP contribution in [0.1, 0.15) is 37.1 Å². The lowest BCUT2D eigenvalue weighted by Gasteiger charge is -2.08. The van der Waals surface area contributed by atoms with Crippen molar-refractivity contribution in [2.24, 2.45) is 0 Å². The zero-order valence-electron chi connectivity index (χ0n) is 7.76. The molecule has 2 heteroatoms. The predicted octanol–water partition coefficient (Wildman–Crippen LogP) is 4.81. The molecule has 0 fully saturated rings. The van der Waals surface area contributed by atoms with E-state index in [-0.39, 0.29) is 5.38 Å². The molecule has 0 bridgehead atoms. The first kappa shape index (κ1) is 10.9. The van der Waals surface area contributed by atoms with Crippen molar-refractivity contribution in [1.29, 1.82) is 0 Å². The maximum absolute atomic E-state index is 6.19. The third-order valence-corrected chi connectivity index (χ3v) is 2.76. The normalized spacial score (nSPS) is 12.8. The van der Waals surface area contributed by atoms with E-state index < -0.39 is 0 Å². The van der Waals surface area contributed by atoms with Crippen LogP contribution in [0.2, 0.25) is 5.02 Å². The molecule has 0 aliphatic carbocycles. The van der Waals surface area contributed by atoms with Crippen LogP contribution in [0.3, 0.4) is 0 Å². The third-order valence-electron chi connectivity index (χ3n) is 2.04. The molecule has 0 aliphatic heterocycles. The van der Waals surface area contributed by atoms with Crippen LogP contribution in [0.5, 0.6) is 0 Å². The molecule has 0 aromatic heterocycles. The van der Waals surface area contributed by atoms with Crippen molar-refractivity contribution < 1.29 is 0 Å². The molecule has 0 amide bonds. The van der Waals surface area contributed by atoms with Crippen molar-refractivity contribution in [3.8, 4) is 0 Å². The Morgan fingerprint density at radius 2 is 1.85 bits per heavy atom. The van der Waals surface area contributed by atoms with Crippen LogP contribution >= 0.6 is 23.2 Å². The van der Waals surface area contributed by atoms with E-state index in [2.05, 4.69) is 6.92 Å². The molecule has 1 aromatic carbocycles. The summed E-state index contributed by atoms with van der Waals surface area (Å²) >= 11 is 12.0. The van der Waals surface area contributed by atoms with Gasteiger partial charge in [0.05, 0.1) is 5.38 Å². The van der Waals surface area contributed by atoms with Crippen LogP contribution in [-0.2, 0) is 0 Å². The molecule has 0 aliphatic rings. The second-order valence-electron chi connectivity index (χ2n) is 3.16. The zero-order valence-corrected chi connectivity index (χ0v) is 9.28. The molecular weight excluding hydrogens is 203 g/mol. The van der Waals surface area contributed by atoms with Crippen molar-refractivity contribution in [2.75, 3.05) is 0 Å². The van der Waals surface area contributed by atoms with E-state index in [1.54, 1.807) is 0 Å². The molecule has 72 valence electrons. The van der Waals surface area contributed by atoms with Crippen molar-refractivity contribution >= 4 is 23.2 Å². The molecular formula is C11H14Cl2. The van der Waals surface area contributed by atoms with Crippen LogP contribution in [0.25, 0.3) is 0 Å². The molecule has 0 spiro atoms. The average molecular weight is 217 g/mol. The number of alkyl halides is 1. The minimum atomic E-state index is 0.136. The highest BCUT2D eigenvalue weighted by Gasteiger charge is 2.05. The third kappa shape index (κ3) is 3.58. The van der Waals surface area contributed by atoms with Gasteiger partial charge in [-0.25, -0.2) is 0 Å². The Hall–Kier alpha value is -0.200. The average Bonchev–Trinajstić information content (AvgIpc) is 2.15. The predicted molar refractivity (Wildman–Crippen MR) is 59.6 cm³/mol. The first-order valence-electron chi connectivity index (χ1n) is 4.63. The van der Waals surface area contributed by atoms with E-state index in [9.17, 15) is 0 Å². The molecule has 0 heterocycles. The van der Waals surface area contributed by atoms with Crippen LogP contribution in [0.4, 0.5) is 0 Å². The van der Waals surface area contributed by atoms with Gasteiger partial charge in [0.15, 0.2) is 0 Å². The molecule has 0 radical (unpaired) electrons. The number of hydrogen-bond donors (Lipinski definition) is 0. The molecule has 0 N–H and O–H groups in total. The molecule has 0 nitrogen and oxygen atoms in total. The highest BCUT2D eigenvalue weighted by molar-refractivity contribution is 6.30. The summed E-state index contributed by atoms with van der Waals surface area (Å²) in [6, 6.07) is 7.77. The summed E-state index contributed by atoms with van der Waals surface area (Å²) in [7, 11) is 0. The van der Waals surface area contributed by atoms with Crippen molar-refractivity contribution in [2.45, 2.75) is 31.6 Å². The van der Waals surface area contributed by atoms with Gasteiger partial charge in [0.2, 0.25) is 0 Å². The van der Waals surface area contributed by atoms with E-state index in [4.69, 9.17) is 23.2 Å². The Kier molecular flexibility index (Phi) is 4.61. The topological polar surface area (TPSA) is 0 Å². The summed E-state index contributed by atoms with van der Waals surface area (Å²) in [5.41, 5.74) is 1.17. The van der Waals surface area contributed by atoms with Gasteiger partial charge in [-0.3, -0.25) is 0 Å². The molecule has 1 atom stereocenters. The van der Waals surface area contributed by atoms with Crippen molar-refractivity contribution in [3.63, 3.8) is 0 Å². The fraction of sp³-hybridized carbons (Fsp3) is 0.455. The van der Waals surface area contributed by atoms with Gasteiger partial charge in [-0.05, 0) is 24.1 Å². The Morgan fingerprint density at radius 3 is 2.38 bits per heavy atom. The van der Waals surface area contributed by atoms with Crippen LogP contribution < -0.4 is 0 Å². The zero-order chi connectivity index (χ0) is 9.68. The monoisotopic (exact) mass is 216 g/mol. The molecule has 13 heavy (non-hydrogen) atoms. The Labute approximate surface area is 89.9 Å². The van der Waals surface area contributed by atoms with Gasteiger partial charge in [-0.15, -0.1) is 11.6 Å². The van der Waals surface area contributed by atoms with Crippen molar-refractivity contribution in [1.82, 2.24) is 0 Å². The molecule has 1 rings (SSSR count). The highest BCUT2D eigenvalue weighted by atomic mass is 35.5. The second-order valence-corrected chi connectivity index (χ2v) is 4.12. The number of halogens is 2. The van der Waals surface area contributed by atoms with Gasteiger partial charge < -0.3 is 0 Å². The summed E-state index contributed by atoms with van der Waals surface area (Å²) < 4.78 is 0. The maximum atomic E-state index is 6.19. The quantitative estimate of drug-likeness (QED) is 0.635. The Balaban J connectivity index is 2.55. The van der Waals surface area contributed by atoms with Gasteiger partial charge in [-0.2, -0.15) is 0 Å². The van der Waals surface area contributed by atoms with E-state index in [1.807, 2.05) is 24.3 Å². The Bertz CT molecular complexity index is 241. The summed E-state index contributed by atoms with van der Waals surface area (Å²) in [5, 5.41) is 0.903. The van der Waals surface area contributed by atoms with Crippen LogP contribution in [0, 0.1) is 0 Å². The second kappa shape index (κ2) is 5.51. The fourth-order valence-corrected chi connectivity index (χ4v) is 1.65. The van der Waals surface area contributed by atoms with E-state index in [0.29, 0.717) is 0 Å². The van der Waals surface area contributed by atoms with Gasteiger partial charge in [-0.1, -0.05) is 43.5 Å². The lowest BCUT2D eigenvalue weighted by molar-refractivity contribution is 0.701. The summed E-state index contributed by atoms with van der Waals surface area (Å²) in [4.78, 5) is 0. The van der Waals surface area contributed by atoms with E-state index >= 15 is 0 Å². The number of hydrogen-bond acceptors (Lipinski definition) is 0. The standard InChI is InChI=1S/C11H14Cl2/c1-2-3-4-11(13)9-5-7-10(12)8-6-9/h5-8,11H,2-4H2,1H3. The minimum Gasteiger partial charge on any atom is -0.118 e. The highest BCUT2D eigenvalue weighted by Crippen LogP contribution is 2.26. The lowest BCUT2D eigenvalue weighted by Crippen LogP contribution is -1.89. The van der Waals surface area contributed by atoms with Crippen molar-refractivity contribution in [3.05, 3.63) is 34.9 Å². The smallest absolute Gasteiger partial charge is 0.0585 e. The summed E-state index contributed by atoms with van der Waals surface area (Å²) in [6.07, 6.45) is 3.41. The lowest BCUT2D eigenvalue weighted by atomic mass is 10.1. The molecule has 0 saturated heterocycles. The summed E-state index contributed by atoms with van der Waals surface area (Å²) in [6.45, 7) is 2.17. The van der Waals surface area contributed by atoms with Crippen LogP contribution in [-0.4, -0.2) is 0 Å². The molecule has 1 aromatic rings. The van der Waals surface area contributed by atoms with E-state index in [0.717, 1.165) is 11.4 Å². The molecule has 1 unspecified atom stereocenters. The number of unbranched alkanes of at least 4 members (excludes halogenated alkanes) is 1. The maximum Gasteiger partial charge on any atom is 0.0585 e. The van der Waals surface area contributed by atoms with E-state index in [1.165, 1.54) is 18.4 Å². The first-order valence-corrected chi connectivity index (χ1v) is 5.45. The first-order chi connectivity index (χ1) is 6.24. The fourth-order valence-electron chi connectivity index (χ4n) is 1.22. The number of rotatable bonds is 4. The Morgan fingerprint density at radius 1 is 1.23 bits per heavy atom.